The Hall–Kier alpha value is -1.53. The predicted octanol–water partition coefficient (Wildman–Crippen LogP) is 1.34. The fourth-order valence-electron chi connectivity index (χ4n) is 1.28. The summed E-state index contributed by atoms with van der Waals surface area (Å²) in [7, 11) is 0. The Bertz CT molecular complexity index is 285. The highest BCUT2D eigenvalue weighted by molar-refractivity contribution is 5.31. The van der Waals surface area contributed by atoms with Gasteiger partial charge in [-0.15, -0.1) is 0 Å². The summed E-state index contributed by atoms with van der Waals surface area (Å²) in [4.78, 5) is 0. The molecule has 0 heterocycles. The Labute approximate surface area is 65.5 Å². The van der Waals surface area contributed by atoms with E-state index in [9.17, 15) is 0 Å². The van der Waals surface area contributed by atoms with E-state index in [1.165, 1.54) is 0 Å². The molecule has 3 heteroatoms. The molecule has 1 unspecified atom stereocenters. The van der Waals surface area contributed by atoms with E-state index in [0.717, 1.165) is 0 Å². The summed E-state index contributed by atoms with van der Waals surface area (Å²) in [6.07, 6.45) is 1.19. The van der Waals surface area contributed by atoms with Gasteiger partial charge in [-0.05, 0) is 19.8 Å². The lowest BCUT2D eigenvalue weighted by Crippen LogP contribution is -2.46. The van der Waals surface area contributed by atoms with Gasteiger partial charge in [-0.2, -0.15) is 15.8 Å². The molecule has 11 heavy (non-hydrogen) atoms. The molecule has 0 spiro atoms. The van der Waals surface area contributed by atoms with Crippen molar-refractivity contribution in [3.63, 3.8) is 0 Å². The normalized spacial score (nSPS) is 32.2. The van der Waals surface area contributed by atoms with E-state index >= 15 is 0 Å². The molecule has 0 aliphatic heterocycles. The molecule has 0 amide bonds. The monoisotopic (exact) mass is 145 g/mol. The molecule has 1 fully saturated rings. The minimum atomic E-state index is -1.04. The van der Waals surface area contributed by atoms with Crippen LogP contribution in [0.15, 0.2) is 0 Å². The molecule has 3 nitrogen and oxygen atoms in total. The maximum atomic E-state index is 8.69. The first-order chi connectivity index (χ1) is 5.14. The fourth-order valence-corrected chi connectivity index (χ4v) is 1.28. The van der Waals surface area contributed by atoms with Gasteiger partial charge in [0.15, 0.2) is 5.41 Å². The largest absolute Gasteiger partial charge is 0.198 e. The zero-order valence-electron chi connectivity index (χ0n) is 6.26. The Morgan fingerprint density at radius 1 is 1.00 bits per heavy atom. The van der Waals surface area contributed by atoms with Crippen LogP contribution in [0.25, 0.3) is 0 Å². The third kappa shape index (κ3) is 0.644. The Morgan fingerprint density at radius 2 is 1.55 bits per heavy atom. The SMILES string of the molecule is CC1(C#N)CCC1(C#N)C#N. The highest BCUT2D eigenvalue weighted by Crippen LogP contribution is 2.55. The van der Waals surface area contributed by atoms with E-state index in [2.05, 4.69) is 0 Å². The van der Waals surface area contributed by atoms with Crippen molar-refractivity contribution in [2.24, 2.45) is 10.8 Å². The van der Waals surface area contributed by atoms with E-state index in [4.69, 9.17) is 15.8 Å². The van der Waals surface area contributed by atoms with Gasteiger partial charge in [0, 0.05) is 0 Å². The van der Waals surface area contributed by atoms with Crippen LogP contribution < -0.4 is 0 Å². The van der Waals surface area contributed by atoms with E-state index < -0.39 is 10.8 Å². The summed E-state index contributed by atoms with van der Waals surface area (Å²) >= 11 is 0. The standard InChI is InChI=1S/C8H7N3/c1-7(4-9)2-3-8(7,5-10)6-11/h2-3H2,1H3. The number of hydrogen-bond donors (Lipinski definition) is 0. The molecule has 0 bridgehead atoms. The molecule has 1 saturated carbocycles. The molecule has 0 aromatic rings. The second kappa shape index (κ2) is 1.97. The first-order valence-electron chi connectivity index (χ1n) is 3.38. The van der Waals surface area contributed by atoms with E-state index in [1.54, 1.807) is 6.92 Å². The van der Waals surface area contributed by atoms with Crippen LogP contribution in [0.5, 0.6) is 0 Å². The maximum Gasteiger partial charge on any atom is 0.162 e. The molecule has 0 N–H and O–H groups in total. The second-order valence-corrected chi connectivity index (χ2v) is 3.07. The van der Waals surface area contributed by atoms with E-state index in [0.29, 0.717) is 12.8 Å². The first-order valence-corrected chi connectivity index (χ1v) is 3.38. The van der Waals surface area contributed by atoms with Gasteiger partial charge in [-0.25, -0.2) is 0 Å². The minimum Gasteiger partial charge on any atom is -0.198 e. The lowest BCUT2D eigenvalue weighted by molar-refractivity contribution is 0.0966. The van der Waals surface area contributed by atoms with Crippen molar-refractivity contribution < 1.29 is 0 Å². The molecule has 1 aliphatic carbocycles. The number of hydrogen-bond acceptors (Lipinski definition) is 3. The van der Waals surface area contributed by atoms with Gasteiger partial charge in [0.1, 0.15) is 0 Å². The molecule has 1 atom stereocenters. The lowest BCUT2D eigenvalue weighted by atomic mass is 9.52. The Morgan fingerprint density at radius 3 is 1.64 bits per heavy atom. The second-order valence-electron chi connectivity index (χ2n) is 3.07. The van der Waals surface area contributed by atoms with Crippen molar-refractivity contribution in [1.29, 1.82) is 15.8 Å². The van der Waals surface area contributed by atoms with Crippen LogP contribution in [0, 0.1) is 44.8 Å². The summed E-state index contributed by atoms with van der Waals surface area (Å²) < 4.78 is 0. The van der Waals surface area contributed by atoms with Gasteiger partial charge < -0.3 is 0 Å². The summed E-state index contributed by atoms with van der Waals surface area (Å²) in [6.45, 7) is 1.67. The number of rotatable bonds is 0. The van der Waals surface area contributed by atoms with E-state index in [1.807, 2.05) is 18.2 Å². The average molecular weight is 145 g/mol. The average Bonchev–Trinajstić information content (AvgIpc) is 2.04. The third-order valence-corrected chi connectivity index (χ3v) is 2.57. The predicted molar refractivity (Wildman–Crippen MR) is 36.6 cm³/mol. The molecule has 0 aromatic carbocycles. The third-order valence-electron chi connectivity index (χ3n) is 2.57. The van der Waals surface area contributed by atoms with Crippen LogP contribution in [0.3, 0.4) is 0 Å². The molecular formula is C8H7N3. The fraction of sp³-hybridized carbons (Fsp3) is 0.625. The van der Waals surface area contributed by atoms with Gasteiger partial charge in [0.25, 0.3) is 0 Å². The molecule has 0 aromatic heterocycles. The topological polar surface area (TPSA) is 71.4 Å². The Balaban J connectivity index is 3.05. The highest BCUT2D eigenvalue weighted by Gasteiger charge is 2.58. The highest BCUT2D eigenvalue weighted by atomic mass is 14.6. The van der Waals surface area contributed by atoms with Crippen molar-refractivity contribution in [3.05, 3.63) is 0 Å². The van der Waals surface area contributed by atoms with Crippen LogP contribution in [0.1, 0.15) is 19.8 Å². The van der Waals surface area contributed by atoms with Crippen LogP contribution in [-0.4, -0.2) is 0 Å². The van der Waals surface area contributed by atoms with Crippen LogP contribution in [0.4, 0.5) is 0 Å². The van der Waals surface area contributed by atoms with Gasteiger partial charge in [0.2, 0.25) is 0 Å². The van der Waals surface area contributed by atoms with Crippen molar-refractivity contribution in [2.45, 2.75) is 19.8 Å². The number of nitrogens with zero attached hydrogens (tertiary/aromatic N) is 3. The summed E-state index contributed by atoms with van der Waals surface area (Å²) in [5.41, 5.74) is -1.78. The quantitative estimate of drug-likeness (QED) is 0.516. The van der Waals surface area contributed by atoms with Gasteiger partial charge in [0.05, 0.1) is 23.6 Å². The number of nitriles is 3. The van der Waals surface area contributed by atoms with Crippen LogP contribution >= 0.6 is 0 Å². The van der Waals surface area contributed by atoms with E-state index in [-0.39, 0.29) is 0 Å². The Kier molecular flexibility index (Phi) is 1.36. The zero-order chi connectivity index (χ0) is 8.54. The molecular weight excluding hydrogens is 138 g/mol. The van der Waals surface area contributed by atoms with Crippen molar-refractivity contribution >= 4 is 0 Å². The smallest absolute Gasteiger partial charge is 0.162 e. The molecule has 0 radical (unpaired) electrons. The zero-order valence-corrected chi connectivity index (χ0v) is 6.26. The summed E-state index contributed by atoms with van der Waals surface area (Å²) in [5, 5.41) is 26.1. The first kappa shape index (κ1) is 7.58. The van der Waals surface area contributed by atoms with Crippen molar-refractivity contribution in [3.8, 4) is 18.2 Å². The molecule has 1 aliphatic rings. The minimum absolute atomic E-state index is 0.532. The van der Waals surface area contributed by atoms with Crippen LogP contribution in [0.2, 0.25) is 0 Å². The molecule has 0 saturated heterocycles. The lowest BCUT2D eigenvalue weighted by Gasteiger charge is -2.43. The van der Waals surface area contributed by atoms with Gasteiger partial charge in [-0.3, -0.25) is 0 Å². The maximum absolute atomic E-state index is 8.69. The molecule has 54 valence electrons. The van der Waals surface area contributed by atoms with Crippen LogP contribution in [-0.2, 0) is 0 Å². The van der Waals surface area contributed by atoms with Gasteiger partial charge >= 0.3 is 0 Å². The van der Waals surface area contributed by atoms with Crippen molar-refractivity contribution in [1.82, 2.24) is 0 Å². The van der Waals surface area contributed by atoms with Gasteiger partial charge in [-0.1, -0.05) is 0 Å². The summed E-state index contributed by atoms with van der Waals surface area (Å²) in [5.74, 6) is 0. The van der Waals surface area contributed by atoms with Crippen molar-refractivity contribution in [2.75, 3.05) is 0 Å². The summed E-state index contributed by atoms with van der Waals surface area (Å²) in [6, 6.07) is 5.87. The molecule has 1 rings (SSSR count).